The van der Waals surface area contributed by atoms with E-state index in [4.69, 9.17) is 14.2 Å². The molecule has 0 bridgehead atoms. The number of hydrogen-bond donors (Lipinski definition) is 1. The van der Waals surface area contributed by atoms with Crippen molar-refractivity contribution in [3.8, 4) is 17.6 Å². The Kier molecular flexibility index (Phi) is 7.28. The molecule has 0 saturated carbocycles. The molecule has 0 aliphatic carbocycles. The first-order valence-electron chi connectivity index (χ1n) is 9.19. The summed E-state index contributed by atoms with van der Waals surface area (Å²) in [4.78, 5) is 12.4. The van der Waals surface area contributed by atoms with Gasteiger partial charge in [0.2, 0.25) is 0 Å². The summed E-state index contributed by atoms with van der Waals surface area (Å²) in [6.07, 6.45) is 2.82. The summed E-state index contributed by atoms with van der Waals surface area (Å²) in [6.45, 7) is 1.00. The Hall–Kier alpha value is -2.82. The molecule has 3 rings (SSSR count). The first kappa shape index (κ1) is 20.9. The Morgan fingerprint density at radius 2 is 2.17 bits per heavy atom. The fourth-order valence-corrected chi connectivity index (χ4v) is 3.50. The third kappa shape index (κ3) is 5.59. The summed E-state index contributed by atoms with van der Waals surface area (Å²) in [5.41, 5.74) is 1.66. The van der Waals surface area contributed by atoms with E-state index in [1.165, 1.54) is 6.08 Å². The van der Waals surface area contributed by atoms with E-state index in [9.17, 15) is 10.1 Å². The van der Waals surface area contributed by atoms with Gasteiger partial charge in [0.15, 0.2) is 11.5 Å². The second-order valence-corrected chi connectivity index (χ2v) is 7.31. The molecule has 7 heteroatoms. The number of carbonyl (C=O) groups excluding carboxylic acids is 1. The van der Waals surface area contributed by atoms with Crippen LogP contribution in [0, 0.1) is 11.3 Å². The SMILES string of the molecule is COc1cc(/C=C(\C#N)C(=O)N[C@@H]2CCCO2)cc(Br)c1OCc1ccccc1. The standard InChI is InChI=1S/C22H21BrN2O4/c1-27-19-12-16(10-17(13-24)22(26)25-20-8-5-9-28-20)11-18(23)21(19)29-14-15-6-3-2-4-7-15/h2-4,6-7,10-12,20H,5,8-9,14H2,1H3,(H,25,26)/b17-10+/t20-/m0/s1. The number of benzene rings is 2. The number of nitrogens with one attached hydrogen (secondary N) is 1. The number of carbonyl (C=O) groups is 1. The van der Waals surface area contributed by atoms with E-state index in [2.05, 4.69) is 21.2 Å². The van der Waals surface area contributed by atoms with Crippen molar-refractivity contribution < 1.29 is 19.0 Å². The Morgan fingerprint density at radius 3 is 2.83 bits per heavy atom. The molecule has 1 atom stereocenters. The molecule has 150 valence electrons. The van der Waals surface area contributed by atoms with Crippen molar-refractivity contribution in [3.05, 3.63) is 63.6 Å². The molecule has 2 aromatic rings. The van der Waals surface area contributed by atoms with Gasteiger partial charge in [-0.05, 0) is 58.1 Å². The Balaban J connectivity index is 1.78. The van der Waals surface area contributed by atoms with Crippen LogP contribution < -0.4 is 14.8 Å². The molecule has 0 unspecified atom stereocenters. The van der Waals surface area contributed by atoms with Crippen molar-refractivity contribution in [2.24, 2.45) is 0 Å². The molecular formula is C22H21BrN2O4. The normalized spacial score (nSPS) is 16.2. The van der Waals surface area contributed by atoms with E-state index in [0.717, 1.165) is 18.4 Å². The van der Waals surface area contributed by atoms with E-state index in [0.29, 0.717) is 34.7 Å². The van der Waals surface area contributed by atoms with E-state index in [1.54, 1.807) is 19.2 Å². The summed E-state index contributed by atoms with van der Waals surface area (Å²) in [5, 5.41) is 12.1. The van der Waals surface area contributed by atoms with E-state index >= 15 is 0 Å². The zero-order valence-corrected chi connectivity index (χ0v) is 17.6. The number of nitrogens with zero attached hydrogens (tertiary/aromatic N) is 1. The quantitative estimate of drug-likeness (QED) is 0.498. The van der Waals surface area contributed by atoms with Gasteiger partial charge in [-0.3, -0.25) is 4.79 Å². The minimum Gasteiger partial charge on any atom is -0.493 e. The van der Waals surface area contributed by atoms with Gasteiger partial charge >= 0.3 is 0 Å². The number of nitriles is 1. The maximum Gasteiger partial charge on any atom is 0.263 e. The van der Waals surface area contributed by atoms with Crippen LogP contribution in [0.15, 0.2) is 52.5 Å². The lowest BCUT2D eigenvalue weighted by Crippen LogP contribution is -2.34. The summed E-state index contributed by atoms with van der Waals surface area (Å²) >= 11 is 3.49. The fourth-order valence-electron chi connectivity index (χ4n) is 2.92. The minimum absolute atomic E-state index is 0.00703. The topological polar surface area (TPSA) is 80.6 Å². The van der Waals surface area contributed by atoms with Gasteiger partial charge in [-0.15, -0.1) is 0 Å². The second kappa shape index (κ2) is 10.1. The van der Waals surface area contributed by atoms with Crippen LogP contribution in [-0.4, -0.2) is 25.9 Å². The molecular weight excluding hydrogens is 436 g/mol. The van der Waals surface area contributed by atoms with Crippen molar-refractivity contribution in [1.29, 1.82) is 5.26 Å². The number of halogens is 1. The minimum atomic E-state index is -0.459. The number of ether oxygens (including phenoxy) is 3. The summed E-state index contributed by atoms with van der Waals surface area (Å²) in [5.74, 6) is 0.591. The highest BCUT2D eigenvalue weighted by atomic mass is 79.9. The maximum atomic E-state index is 12.4. The van der Waals surface area contributed by atoms with Gasteiger partial charge < -0.3 is 19.5 Å². The van der Waals surface area contributed by atoms with Crippen LogP contribution in [-0.2, 0) is 16.1 Å². The molecule has 1 saturated heterocycles. The first-order valence-corrected chi connectivity index (χ1v) is 9.98. The number of hydrogen-bond acceptors (Lipinski definition) is 5. The highest BCUT2D eigenvalue weighted by Crippen LogP contribution is 2.37. The Bertz CT molecular complexity index is 932. The van der Waals surface area contributed by atoms with Gasteiger partial charge in [-0.1, -0.05) is 30.3 Å². The molecule has 2 aromatic carbocycles. The van der Waals surface area contributed by atoms with E-state index in [1.807, 2.05) is 36.4 Å². The lowest BCUT2D eigenvalue weighted by Gasteiger charge is -2.14. The molecule has 1 aliphatic rings. The monoisotopic (exact) mass is 456 g/mol. The van der Waals surface area contributed by atoms with Crippen LogP contribution in [0.5, 0.6) is 11.5 Å². The number of rotatable bonds is 7. The third-order valence-corrected chi connectivity index (χ3v) is 4.96. The summed E-state index contributed by atoms with van der Waals surface area (Å²) in [6, 6.07) is 15.2. The van der Waals surface area contributed by atoms with E-state index < -0.39 is 5.91 Å². The van der Waals surface area contributed by atoms with Crippen LogP contribution in [0.25, 0.3) is 6.08 Å². The zero-order chi connectivity index (χ0) is 20.6. The smallest absolute Gasteiger partial charge is 0.263 e. The molecule has 6 nitrogen and oxygen atoms in total. The fraction of sp³-hybridized carbons (Fsp3) is 0.273. The van der Waals surface area contributed by atoms with Gasteiger partial charge in [-0.25, -0.2) is 0 Å². The number of amides is 1. The van der Waals surface area contributed by atoms with Gasteiger partial charge in [-0.2, -0.15) is 5.26 Å². The van der Waals surface area contributed by atoms with Crippen molar-refractivity contribution >= 4 is 27.9 Å². The van der Waals surface area contributed by atoms with Crippen LogP contribution in [0.3, 0.4) is 0 Å². The van der Waals surface area contributed by atoms with Gasteiger partial charge in [0, 0.05) is 6.61 Å². The molecule has 1 fully saturated rings. The predicted molar refractivity (Wildman–Crippen MR) is 112 cm³/mol. The zero-order valence-electron chi connectivity index (χ0n) is 16.0. The van der Waals surface area contributed by atoms with Crippen LogP contribution in [0.2, 0.25) is 0 Å². The average Bonchev–Trinajstić information content (AvgIpc) is 3.24. The molecule has 1 N–H and O–H groups in total. The molecule has 1 heterocycles. The van der Waals surface area contributed by atoms with Crippen LogP contribution in [0.4, 0.5) is 0 Å². The van der Waals surface area contributed by atoms with Crippen LogP contribution >= 0.6 is 15.9 Å². The van der Waals surface area contributed by atoms with Crippen molar-refractivity contribution in [2.75, 3.05) is 13.7 Å². The van der Waals surface area contributed by atoms with Crippen molar-refractivity contribution in [2.45, 2.75) is 25.7 Å². The Morgan fingerprint density at radius 1 is 1.38 bits per heavy atom. The highest BCUT2D eigenvalue weighted by molar-refractivity contribution is 9.10. The third-order valence-electron chi connectivity index (χ3n) is 4.38. The van der Waals surface area contributed by atoms with Gasteiger partial charge in [0.25, 0.3) is 5.91 Å². The highest BCUT2D eigenvalue weighted by Gasteiger charge is 2.20. The van der Waals surface area contributed by atoms with Gasteiger partial charge in [0.1, 0.15) is 24.5 Å². The van der Waals surface area contributed by atoms with Crippen molar-refractivity contribution in [1.82, 2.24) is 5.32 Å². The Labute approximate surface area is 178 Å². The molecule has 1 amide bonds. The number of methoxy groups -OCH3 is 1. The predicted octanol–water partition coefficient (Wildman–Crippen LogP) is 4.20. The van der Waals surface area contributed by atoms with E-state index in [-0.39, 0.29) is 11.8 Å². The van der Waals surface area contributed by atoms with Gasteiger partial charge in [0.05, 0.1) is 11.6 Å². The molecule has 0 aromatic heterocycles. The average molecular weight is 457 g/mol. The van der Waals surface area contributed by atoms with Crippen molar-refractivity contribution in [3.63, 3.8) is 0 Å². The molecule has 1 aliphatic heterocycles. The molecule has 0 radical (unpaired) electrons. The largest absolute Gasteiger partial charge is 0.493 e. The molecule has 29 heavy (non-hydrogen) atoms. The molecule has 0 spiro atoms. The van der Waals surface area contributed by atoms with Crippen LogP contribution in [0.1, 0.15) is 24.0 Å². The lowest BCUT2D eigenvalue weighted by molar-refractivity contribution is -0.120. The maximum absolute atomic E-state index is 12.4. The second-order valence-electron chi connectivity index (χ2n) is 6.45. The summed E-state index contributed by atoms with van der Waals surface area (Å²) < 4.78 is 17.4. The summed E-state index contributed by atoms with van der Waals surface area (Å²) in [7, 11) is 1.54. The first-order chi connectivity index (χ1) is 14.1. The lowest BCUT2D eigenvalue weighted by atomic mass is 10.1.